The highest BCUT2D eigenvalue weighted by Gasteiger charge is 2.33. The number of amides is 1. The van der Waals surface area contributed by atoms with Crippen molar-refractivity contribution in [3.8, 4) is 11.3 Å². The molecule has 0 bridgehead atoms. The van der Waals surface area contributed by atoms with Crippen LogP contribution in [-0.4, -0.2) is 29.5 Å². The molecule has 206 valence electrons. The Morgan fingerprint density at radius 1 is 1.08 bits per heavy atom. The fourth-order valence-electron chi connectivity index (χ4n) is 5.02. The van der Waals surface area contributed by atoms with Gasteiger partial charge in [-0.2, -0.15) is 0 Å². The van der Waals surface area contributed by atoms with Gasteiger partial charge in [-0.15, -0.1) is 0 Å². The second-order valence-corrected chi connectivity index (χ2v) is 9.48. The number of hydrogen-bond donors (Lipinski definition) is 3. The maximum absolute atomic E-state index is 14.3. The largest absolute Gasteiger partial charge is 0.412 e. The van der Waals surface area contributed by atoms with Crippen molar-refractivity contribution in [2.45, 2.75) is 65.7 Å². The van der Waals surface area contributed by atoms with Crippen LogP contribution in [0.1, 0.15) is 75.6 Å². The highest BCUT2D eigenvalue weighted by molar-refractivity contribution is 5.92. The molecule has 5 rings (SSSR count). The van der Waals surface area contributed by atoms with Crippen molar-refractivity contribution in [3.63, 3.8) is 0 Å². The number of carbonyl (C=O) groups is 1. The summed E-state index contributed by atoms with van der Waals surface area (Å²) in [4.78, 5) is 13.8. The lowest BCUT2D eigenvalue weighted by atomic mass is 9.69. The van der Waals surface area contributed by atoms with Gasteiger partial charge < -0.3 is 21.5 Å². The number of fused-ring (bicyclic) bond motifs is 1. The fraction of sp³-hybridized carbons (Fsp3) is 0.483. The van der Waals surface area contributed by atoms with Gasteiger partial charge in [0.05, 0.1) is 11.2 Å². The van der Waals surface area contributed by atoms with Crippen LogP contribution in [0.4, 0.5) is 8.78 Å². The molecule has 36 heavy (non-hydrogen) atoms. The van der Waals surface area contributed by atoms with Gasteiger partial charge in [-0.25, -0.2) is 8.78 Å². The topological polar surface area (TPSA) is 102 Å². The predicted octanol–water partition coefficient (Wildman–Crippen LogP) is 6.98. The Morgan fingerprint density at radius 3 is 2.31 bits per heavy atom. The molecule has 1 unspecified atom stereocenters. The SMILES string of the molecule is CC.CCC1CC(c2c(-c3ccc(C)cc3)[nH]c3c(F)cc(F)cc23)C1.NCCC1CNC(=O)C1.O.[HH].[HH].[HH].[HH]. The van der Waals surface area contributed by atoms with E-state index in [1.165, 1.54) is 18.1 Å². The molecule has 2 fully saturated rings. The van der Waals surface area contributed by atoms with Gasteiger partial charge in [0, 0.05) is 30.1 Å². The Morgan fingerprint density at radius 2 is 1.75 bits per heavy atom. The van der Waals surface area contributed by atoms with Crippen LogP contribution in [0.3, 0.4) is 0 Å². The first-order valence-corrected chi connectivity index (χ1v) is 12.9. The lowest BCUT2D eigenvalue weighted by molar-refractivity contribution is -0.119. The molecule has 2 aliphatic rings. The minimum absolute atomic E-state index is 0. The molecule has 2 heterocycles. The Kier molecular flexibility index (Phi) is 11.1. The number of nitrogens with one attached hydrogen (secondary N) is 2. The number of carbonyl (C=O) groups excluding carboxylic acids is 1. The summed E-state index contributed by atoms with van der Waals surface area (Å²) in [5, 5.41) is 3.46. The van der Waals surface area contributed by atoms with Crippen LogP contribution in [0, 0.1) is 30.4 Å². The third kappa shape index (κ3) is 6.71. The summed E-state index contributed by atoms with van der Waals surface area (Å²) in [6.07, 6.45) is 5.01. The maximum atomic E-state index is 14.3. The van der Waals surface area contributed by atoms with E-state index in [0.29, 0.717) is 35.7 Å². The summed E-state index contributed by atoms with van der Waals surface area (Å²) < 4.78 is 28.1. The summed E-state index contributed by atoms with van der Waals surface area (Å²) in [6, 6.07) is 10.6. The van der Waals surface area contributed by atoms with E-state index >= 15 is 0 Å². The summed E-state index contributed by atoms with van der Waals surface area (Å²) in [6.45, 7) is 9.77. The monoisotopic (exact) mass is 509 g/mol. The Bertz CT molecular complexity index is 1140. The summed E-state index contributed by atoms with van der Waals surface area (Å²) in [7, 11) is 0. The van der Waals surface area contributed by atoms with Gasteiger partial charge in [0.25, 0.3) is 0 Å². The molecule has 1 saturated heterocycles. The highest BCUT2D eigenvalue weighted by Crippen LogP contribution is 2.49. The molecular weight excluding hydrogens is 460 g/mol. The molecule has 2 aromatic carbocycles. The maximum Gasteiger partial charge on any atom is 0.220 e. The molecule has 3 aromatic rings. The van der Waals surface area contributed by atoms with Crippen molar-refractivity contribution >= 4 is 16.8 Å². The van der Waals surface area contributed by atoms with E-state index < -0.39 is 11.6 Å². The summed E-state index contributed by atoms with van der Waals surface area (Å²) >= 11 is 0. The molecule has 1 saturated carbocycles. The number of aryl methyl sites for hydroxylation is 1. The van der Waals surface area contributed by atoms with Crippen LogP contribution in [0.5, 0.6) is 0 Å². The van der Waals surface area contributed by atoms with Crippen molar-refractivity contribution in [2.24, 2.45) is 17.6 Å². The molecule has 1 aliphatic carbocycles. The molecule has 7 heteroatoms. The minimum Gasteiger partial charge on any atom is -0.412 e. The quantitative estimate of drug-likeness (QED) is 0.345. The Labute approximate surface area is 219 Å². The van der Waals surface area contributed by atoms with Gasteiger partial charge in [-0.3, -0.25) is 4.79 Å². The van der Waals surface area contributed by atoms with Crippen molar-refractivity contribution in [3.05, 3.63) is 59.2 Å². The number of H-pyrrole nitrogens is 1. The number of benzene rings is 2. The van der Waals surface area contributed by atoms with E-state index in [-0.39, 0.29) is 17.1 Å². The standard InChI is InChI=1S/C21H21F2N.C6H12N2O.C2H6.H2O.4H2/c1-3-13-8-15(9-13)19-17-10-16(22)11-18(23)21(17)24-20(19)14-6-4-12(2)5-7-14;7-2-1-5-3-6(9)8-4-5;1-2;;;;;/h4-7,10-11,13,15,24H,3,8-9H2,1-2H3;5H,1-4,7H2,(H,8,9);1-2H3;1H2;4*1H. The predicted molar refractivity (Wildman–Crippen MR) is 152 cm³/mol. The van der Waals surface area contributed by atoms with Gasteiger partial charge in [-0.1, -0.05) is 57.0 Å². The number of aromatic nitrogens is 1. The van der Waals surface area contributed by atoms with Crippen molar-refractivity contribution < 1.29 is 24.8 Å². The van der Waals surface area contributed by atoms with Crippen LogP contribution in [-0.2, 0) is 4.79 Å². The van der Waals surface area contributed by atoms with Crippen LogP contribution in [0.15, 0.2) is 36.4 Å². The van der Waals surface area contributed by atoms with Crippen LogP contribution in [0.25, 0.3) is 22.2 Å². The zero-order chi connectivity index (χ0) is 25.5. The third-order valence-corrected chi connectivity index (χ3v) is 7.06. The number of halogens is 2. The molecule has 1 atom stereocenters. The second-order valence-electron chi connectivity index (χ2n) is 9.48. The van der Waals surface area contributed by atoms with E-state index in [2.05, 4.69) is 29.4 Å². The normalized spacial score (nSPS) is 20.3. The average Bonchev–Trinajstić information content (AvgIpc) is 3.40. The number of rotatable bonds is 5. The number of nitrogens with two attached hydrogens (primary N) is 1. The highest BCUT2D eigenvalue weighted by atomic mass is 19.1. The van der Waals surface area contributed by atoms with E-state index in [1.807, 2.05) is 32.9 Å². The molecular formula is C29H49F2N3O2. The average molecular weight is 510 g/mol. The second kappa shape index (κ2) is 13.5. The number of aromatic amines is 1. The molecule has 1 amide bonds. The van der Waals surface area contributed by atoms with Gasteiger partial charge >= 0.3 is 0 Å². The van der Waals surface area contributed by atoms with Crippen LogP contribution >= 0.6 is 0 Å². The lowest BCUT2D eigenvalue weighted by Crippen LogP contribution is -2.21. The van der Waals surface area contributed by atoms with Gasteiger partial charge in [0.1, 0.15) is 11.6 Å². The minimum atomic E-state index is -0.518. The zero-order valence-electron chi connectivity index (χ0n) is 21.9. The first kappa shape index (κ1) is 29.5. The van der Waals surface area contributed by atoms with Crippen molar-refractivity contribution in [1.82, 2.24) is 10.3 Å². The van der Waals surface area contributed by atoms with E-state index in [1.54, 1.807) is 0 Å². The van der Waals surface area contributed by atoms with E-state index in [9.17, 15) is 13.6 Å². The van der Waals surface area contributed by atoms with Crippen LogP contribution < -0.4 is 11.1 Å². The molecule has 5 nitrogen and oxygen atoms in total. The molecule has 1 aliphatic heterocycles. The van der Waals surface area contributed by atoms with E-state index in [4.69, 9.17) is 5.73 Å². The van der Waals surface area contributed by atoms with Crippen molar-refractivity contribution in [1.29, 1.82) is 0 Å². The Hall–Kier alpha value is -2.77. The van der Waals surface area contributed by atoms with Gasteiger partial charge in [-0.05, 0) is 67.7 Å². The molecule has 0 spiro atoms. The fourth-order valence-corrected chi connectivity index (χ4v) is 5.02. The third-order valence-electron chi connectivity index (χ3n) is 7.06. The van der Waals surface area contributed by atoms with Gasteiger partial charge in [0.2, 0.25) is 5.91 Å². The smallest absolute Gasteiger partial charge is 0.220 e. The number of hydrogen-bond acceptors (Lipinski definition) is 2. The molecule has 6 N–H and O–H groups in total. The van der Waals surface area contributed by atoms with E-state index in [0.717, 1.165) is 54.6 Å². The molecule has 0 radical (unpaired) electrons. The zero-order valence-corrected chi connectivity index (χ0v) is 21.9. The summed E-state index contributed by atoms with van der Waals surface area (Å²) in [5.41, 5.74) is 9.97. The Balaban J connectivity index is -0.000000742. The lowest BCUT2D eigenvalue weighted by Gasteiger charge is -2.35. The van der Waals surface area contributed by atoms with Crippen molar-refractivity contribution in [2.75, 3.05) is 13.1 Å². The van der Waals surface area contributed by atoms with Gasteiger partial charge in [0.15, 0.2) is 0 Å². The molecule has 1 aromatic heterocycles. The van der Waals surface area contributed by atoms with Crippen LogP contribution in [0.2, 0.25) is 0 Å². The summed E-state index contributed by atoms with van der Waals surface area (Å²) in [5.74, 6) is 0.749. The first-order valence-electron chi connectivity index (χ1n) is 12.9. The first-order chi connectivity index (χ1) is 16.9.